The van der Waals surface area contributed by atoms with E-state index < -0.39 is 0 Å². The minimum Gasteiger partial charge on any atom is -0.325 e. The monoisotopic (exact) mass is 225 g/mol. The second kappa shape index (κ2) is 5.08. The summed E-state index contributed by atoms with van der Waals surface area (Å²) >= 11 is 0. The molecular weight excluding hydrogens is 194 g/mol. The van der Waals surface area contributed by atoms with E-state index in [-0.39, 0.29) is 5.54 Å². The van der Waals surface area contributed by atoms with Crippen LogP contribution in [0.25, 0.3) is 0 Å². The molecule has 0 saturated heterocycles. The molecule has 16 heavy (non-hydrogen) atoms. The molecule has 0 aromatic rings. The normalized spacial score (nSPS) is 33.8. The van der Waals surface area contributed by atoms with E-state index in [9.17, 15) is 0 Å². The van der Waals surface area contributed by atoms with Crippen molar-refractivity contribution >= 4 is 0 Å². The molecule has 1 fully saturated rings. The van der Waals surface area contributed by atoms with Crippen molar-refractivity contribution in [2.24, 2.45) is 23.0 Å². The van der Waals surface area contributed by atoms with Crippen molar-refractivity contribution in [1.82, 2.24) is 0 Å². The van der Waals surface area contributed by atoms with Crippen LogP contribution < -0.4 is 5.73 Å². The first-order valence-corrected chi connectivity index (χ1v) is 7.06. The Morgan fingerprint density at radius 2 is 1.75 bits per heavy atom. The topological polar surface area (TPSA) is 26.0 Å². The van der Waals surface area contributed by atoms with Crippen LogP contribution in [0.2, 0.25) is 0 Å². The van der Waals surface area contributed by atoms with Gasteiger partial charge >= 0.3 is 0 Å². The predicted octanol–water partition coefficient (Wildman–Crippen LogP) is 4.36. The molecule has 0 radical (unpaired) electrons. The fourth-order valence-corrected chi connectivity index (χ4v) is 3.10. The van der Waals surface area contributed by atoms with Crippen molar-refractivity contribution in [3.8, 4) is 0 Å². The quantitative estimate of drug-likeness (QED) is 0.759. The van der Waals surface area contributed by atoms with Gasteiger partial charge in [0, 0.05) is 5.54 Å². The Bertz CT molecular complexity index is 206. The molecule has 1 atom stereocenters. The van der Waals surface area contributed by atoms with Crippen LogP contribution in [0.5, 0.6) is 0 Å². The Balaban J connectivity index is 2.47. The highest BCUT2D eigenvalue weighted by Gasteiger charge is 2.36. The van der Waals surface area contributed by atoms with E-state index in [1.807, 2.05) is 0 Å². The van der Waals surface area contributed by atoms with Gasteiger partial charge < -0.3 is 5.73 Å². The average molecular weight is 225 g/mol. The van der Waals surface area contributed by atoms with E-state index in [0.717, 1.165) is 11.8 Å². The van der Waals surface area contributed by atoms with Crippen molar-refractivity contribution in [3.05, 3.63) is 0 Å². The highest BCUT2D eigenvalue weighted by atomic mass is 14.7. The first-order valence-electron chi connectivity index (χ1n) is 7.06. The molecule has 0 aliphatic heterocycles. The maximum atomic E-state index is 6.54. The van der Waals surface area contributed by atoms with Gasteiger partial charge in [-0.05, 0) is 49.4 Å². The zero-order valence-electron chi connectivity index (χ0n) is 12.0. The summed E-state index contributed by atoms with van der Waals surface area (Å²) in [5.41, 5.74) is 7.16. The maximum absolute atomic E-state index is 6.54. The Morgan fingerprint density at radius 1 is 1.25 bits per heavy atom. The number of hydrogen-bond acceptors (Lipinski definition) is 1. The largest absolute Gasteiger partial charge is 0.325 e. The molecule has 0 aromatic heterocycles. The lowest BCUT2D eigenvalue weighted by molar-refractivity contribution is 0.121. The maximum Gasteiger partial charge on any atom is 0.0157 e. The first kappa shape index (κ1) is 14.0. The standard InChI is InChI=1S/C15H31N/c1-6-12(2)11-15(16)9-7-13(8-10-15)14(3,4)5/h12-13H,6-11,16H2,1-5H3. The van der Waals surface area contributed by atoms with Gasteiger partial charge in [0.25, 0.3) is 0 Å². The summed E-state index contributed by atoms with van der Waals surface area (Å²) in [6, 6.07) is 0. The molecule has 1 aliphatic rings. The summed E-state index contributed by atoms with van der Waals surface area (Å²) in [5, 5.41) is 0. The van der Waals surface area contributed by atoms with Gasteiger partial charge in [-0.25, -0.2) is 0 Å². The van der Waals surface area contributed by atoms with Crippen molar-refractivity contribution < 1.29 is 0 Å². The van der Waals surface area contributed by atoms with Crippen molar-refractivity contribution in [3.63, 3.8) is 0 Å². The van der Waals surface area contributed by atoms with Crippen LogP contribution in [0.15, 0.2) is 0 Å². The van der Waals surface area contributed by atoms with Crippen molar-refractivity contribution in [2.45, 2.75) is 78.7 Å². The minimum atomic E-state index is 0.150. The zero-order chi connectivity index (χ0) is 12.4. The lowest BCUT2D eigenvalue weighted by Crippen LogP contribution is -2.46. The smallest absolute Gasteiger partial charge is 0.0157 e. The number of rotatable bonds is 3. The van der Waals surface area contributed by atoms with Crippen LogP contribution in [0, 0.1) is 17.3 Å². The SMILES string of the molecule is CCC(C)CC1(N)CCC(C(C)(C)C)CC1. The minimum absolute atomic E-state index is 0.150. The van der Waals surface area contributed by atoms with E-state index in [1.54, 1.807) is 0 Å². The van der Waals surface area contributed by atoms with Crippen molar-refractivity contribution in [1.29, 1.82) is 0 Å². The predicted molar refractivity (Wildman–Crippen MR) is 72.4 cm³/mol. The molecular formula is C15H31N. The summed E-state index contributed by atoms with van der Waals surface area (Å²) in [4.78, 5) is 0. The fraction of sp³-hybridized carbons (Fsp3) is 1.00. The third kappa shape index (κ3) is 3.76. The summed E-state index contributed by atoms with van der Waals surface area (Å²) in [5.74, 6) is 1.66. The van der Waals surface area contributed by atoms with E-state index in [1.165, 1.54) is 38.5 Å². The van der Waals surface area contributed by atoms with Gasteiger partial charge in [-0.3, -0.25) is 0 Å². The lowest BCUT2D eigenvalue weighted by Gasteiger charge is -2.43. The van der Waals surface area contributed by atoms with E-state index >= 15 is 0 Å². The molecule has 1 unspecified atom stereocenters. The molecule has 1 nitrogen and oxygen atoms in total. The van der Waals surface area contributed by atoms with E-state index in [0.29, 0.717) is 5.41 Å². The van der Waals surface area contributed by atoms with Gasteiger partial charge in [-0.15, -0.1) is 0 Å². The molecule has 1 rings (SSSR count). The molecule has 1 heteroatoms. The third-order valence-electron chi connectivity index (χ3n) is 4.66. The second-order valence-electron chi connectivity index (χ2n) is 7.22. The Kier molecular flexibility index (Phi) is 4.45. The summed E-state index contributed by atoms with van der Waals surface area (Å²) in [7, 11) is 0. The Hall–Kier alpha value is -0.0400. The highest BCUT2D eigenvalue weighted by molar-refractivity contribution is 4.93. The molecule has 0 aromatic carbocycles. The first-order chi connectivity index (χ1) is 7.27. The van der Waals surface area contributed by atoms with E-state index in [4.69, 9.17) is 5.73 Å². The van der Waals surface area contributed by atoms with Gasteiger partial charge in [0.2, 0.25) is 0 Å². The molecule has 1 aliphatic carbocycles. The molecule has 0 heterocycles. The van der Waals surface area contributed by atoms with Crippen LogP contribution in [-0.2, 0) is 0 Å². The molecule has 96 valence electrons. The highest BCUT2D eigenvalue weighted by Crippen LogP contribution is 2.42. The van der Waals surface area contributed by atoms with Crippen LogP contribution in [0.3, 0.4) is 0 Å². The van der Waals surface area contributed by atoms with Crippen LogP contribution in [0.4, 0.5) is 0 Å². The van der Waals surface area contributed by atoms with Gasteiger partial charge in [-0.1, -0.05) is 41.0 Å². The number of nitrogens with two attached hydrogens (primary N) is 1. The second-order valence-corrected chi connectivity index (χ2v) is 7.22. The Morgan fingerprint density at radius 3 is 2.12 bits per heavy atom. The zero-order valence-corrected chi connectivity index (χ0v) is 12.0. The lowest BCUT2D eigenvalue weighted by atomic mass is 9.66. The van der Waals surface area contributed by atoms with Gasteiger partial charge in [-0.2, -0.15) is 0 Å². The molecule has 0 bridgehead atoms. The third-order valence-corrected chi connectivity index (χ3v) is 4.66. The van der Waals surface area contributed by atoms with Crippen LogP contribution >= 0.6 is 0 Å². The molecule has 0 amide bonds. The molecule has 2 N–H and O–H groups in total. The van der Waals surface area contributed by atoms with Gasteiger partial charge in [0.05, 0.1) is 0 Å². The van der Waals surface area contributed by atoms with E-state index in [2.05, 4.69) is 34.6 Å². The van der Waals surface area contributed by atoms with Gasteiger partial charge in [0.1, 0.15) is 0 Å². The average Bonchev–Trinajstić information content (AvgIpc) is 2.16. The summed E-state index contributed by atoms with van der Waals surface area (Å²) in [6.45, 7) is 11.7. The number of hydrogen-bond donors (Lipinski definition) is 1. The molecule has 0 spiro atoms. The molecule has 1 saturated carbocycles. The van der Waals surface area contributed by atoms with Gasteiger partial charge in [0.15, 0.2) is 0 Å². The van der Waals surface area contributed by atoms with Crippen LogP contribution in [-0.4, -0.2) is 5.54 Å². The summed E-state index contributed by atoms with van der Waals surface area (Å²) < 4.78 is 0. The van der Waals surface area contributed by atoms with Crippen LogP contribution in [0.1, 0.15) is 73.1 Å². The fourth-order valence-electron chi connectivity index (χ4n) is 3.10. The Labute approximate surface area is 102 Å². The van der Waals surface area contributed by atoms with Crippen molar-refractivity contribution in [2.75, 3.05) is 0 Å². The summed E-state index contributed by atoms with van der Waals surface area (Å²) in [6.07, 6.45) is 7.62.